The summed E-state index contributed by atoms with van der Waals surface area (Å²) in [7, 11) is 0. The maximum Gasteiger partial charge on any atom is 0.0841 e. The van der Waals surface area contributed by atoms with Crippen LogP contribution in [0.4, 0.5) is 11.4 Å². The molecule has 0 amide bonds. The SMILES string of the molecule is Nc1cncc(Cl)c1NC1CCOC1. The van der Waals surface area contributed by atoms with Crippen LogP contribution in [0.5, 0.6) is 0 Å². The highest BCUT2D eigenvalue weighted by Gasteiger charge is 2.17. The number of nitrogens with one attached hydrogen (secondary N) is 1. The van der Waals surface area contributed by atoms with Crippen molar-refractivity contribution in [3.63, 3.8) is 0 Å². The van der Waals surface area contributed by atoms with Crippen LogP contribution in [0.25, 0.3) is 0 Å². The predicted molar refractivity (Wildman–Crippen MR) is 56.5 cm³/mol. The third-order valence-corrected chi connectivity index (χ3v) is 2.49. The minimum Gasteiger partial charge on any atom is -0.396 e. The lowest BCUT2D eigenvalue weighted by atomic mass is 10.2. The van der Waals surface area contributed by atoms with Gasteiger partial charge in [-0.15, -0.1) is 0 Å². The number of pyridine rings is 1. The van der Waals surface area contributed by atoms with E-state index in [2.05, 4.69) is 10.3 Å². The van der Waals surface area contributed by atoms with E-state index in [0.717, 1.165) is 18.7 Å². The van der Waals surface area contributed by atoms with Crippen LogP contribution in [0, 0.1) is 0 Å². The fourth-order valence-electron chi connectivity index (χ4n) is 1.45. The molecule has 0 saturated carbocycles. The van der Waals surface area contributed by atoms with Gasteiger partial charge in [0.25, 0.3) is 0 Å². The van der Waals surface area contributed by atoms with Crippen LogP contribution in [-0.4, -0.2) is 24.2 Å². The third-order valence-electron chi connectivity index (χ3n) is 2.21. The van der Waals surface area contributed by atoms with Gasteiger partial charge in [-0.05, 0) is 6.42 Å². The van der Waals surface area contributed by atoms with E-state index in [1.165, 1.54) is 0 Å². The van der Waals surface area contributed by atoms with Crippen LogP contribution in [-0.2, 0) is 4.74 Å². The maximum atomic E-state index is 5.96. The second kappa shape index (κ2) is 4.02. The molecule has 1 aromatic rings. The molecule has 76 valence electrons. The minimum atomic E-state index is 0.303. The van der Waals surface area contributed by atoms with Crippen molar-refractivity contribution in [2.45, 2.75) is 12.5 Å². The lowest BCUT2D eigenvalue weighted by Gasteiger charge is -2.14. The van der Waals surface area contributed by atoms with Crippen LogP contribution in [0.2, 0.25) is 5.02 Å². The highest BCUT2D eigenvalue weighted by molar-refractivity contribution is 6.33. The minimum absolute atomic E-state index is 0.303. The standard InChI is InChI=1S/C9H12ClN3O/c10-7-3-12-4-8(11)9(7)13-6-1-2-14-5-6/h3-4,6H,1-2,5,11H2,(H,12,13). The summed E-state index contributed by atoms with van der Waals surface area (Å²) in [5, 5.41) is 3.81. The zero-order chi connectivity index (χ0) is 9.97. The Morgan fingerprint density at radius 3 is 3.07 bits per heavy atom. The van der Waals surface area contributed by atoms with Gasteiger partial charge in [-0.1, -0.05) is 11.6 Å². The van der Waals surface area contributed by atoms with Gasteiger partial charge in [0, 0.05) is 12.8 Å². The molecule has 0 radical (unpaired) electrons. The molecule has 3 N–H and O–H groups in total. The number of nitrogens with zero attached hydrogens (tertiary/aromatic N) is 1. The molecule has 1 fully saturated rings. The van der Waals surface area contributed by atoms with Crippen molar-refractivity contribution in [1.82, 2.24) is 4.98 Å². The number of nitrogens with two attached hydrogens (primary N) is 1. The second-order valence-electron chi connectivity index (χ2n) is 3.29. The van der Waals surface area contributed by atoms with Gasteiger partial charge in [-0.25, -0.2) is 0 Å². The number of rotatable bonds is 2. The fourth-order valence-corrected chi connectivity index (χ4v) is 1.67. The van der Waals surface area contributed by atoms with Crippen LogP contribution >= 0.6 is 11.6 Å². The molecular formula is C9H12ClN3O. The van der Waals surface area contributed by atoms with E-state index in [0.29, 0.717) is 23.4 Å². The summed E-state index contributed by atoms with van der Waals surface area (Å²) < 4.78 is 5.25. The lowest BCUT2D eigenvalue weighted by molar-refractivity contribution is 0.195. The van der Waals surface area contributed by atoms with Gasteiger partial charge in [-0.2, -0.15) is 0 Å². The number of halogens is 1. The van der Waals surface area contributed by atoms with E-state index >= 15 is 0 Å². The quantitative estimate of drug-likeness (QED) is 0.782. The van der Waals surface area contributed by atoms with Crippen molar-refractivity contribution in [3.8, 4) is 0 Å². The molecule has 2 heterocycles. The average Bonchev–Trinajstić information content (AvgIpc) is 2.64. The summed E-state index contributed by atoms with van der Waals surface area (Å²) in [5.41, 5.74) is 7.08. The summed E-state index contributed by atoms with van der Waals surface area (Å²) in [6, 6.07) is 0.303. The van der Waals surface area contributed by atoms with Crippen LogP contribution < -0.4 is 11.1 Å². The van der Waals surface area contributed by atoms with Crippen LogP contribution in [0.1, 0.15) is 6.42 Å². The molecule has 0 bridgehead atoms. The van der Waals surface area contributed by atoms with Crippen molar-refractivity contribution >= 4 is 23.0 Å². The van der Waals surface area contributed by atoms with Gasteiger partial charge in [0.2, 0.25) is 0 Å². The average molecular weight is 214 g/mol. The number of hydrogen-bond donors (Lipinski definition) is 2. The first-order valence-corrected chi connectivity index (χ1v) is 4.88. The Bertz CT molecular complexity index is 306. The molecule has 1 aliphatic heterocycles. The normalized spacial score (nSPS) is 21.1. The first-order valence-electron chi connectivity index (χ1n) is 4.50. The number of ether oxygens (including phenoxy) is 1. The van der Waals surface area contributed by atoms with E-state index in [1.54, 1.807) is 12.4 Å². The van der Waals surface area contributed by atoms with E-state index < -0.39 is 0 Å². The van der Waals surface area contributed by atoms with Crippen molar-refractivity contribution < 1.29 is 4.74 Å². The molecule has 0 aromatic carbocycles. The Labute approximate surface area is 87.4 Å². The molecule has 1 atom stereocenters. The first-order chi connectivity index (χ1) is 6.77. The largest absolute Gasteiger partial charge is 0.396 e. The van der Waals surface area contributed by atoms with Gasteiger partial charge in [0.1, 0.15) is 0 Å². The molecule has 0 aliphatic carbocycles. The van der Waals surface area contributed by atoms with Gasteiger partial charge >= 0.3 is 0 Å². The molecule has 1 unspecified atom stereocenters. The van der Waals surface area contributed by atoms with Crippen LogP contribution in [0.15, 0.2) is 12.4 Å². The molecule has 0 spiro atoms. The Balaban J connectivity index is 2.14. The predicted octanol–water partition coefficient (Wildman–Crippen LogP) is 1.52. The van der Waals surface area contributed by atoms with Crippen LogP contribution in [0.3, 0.4) is 0 Å². The van der Waals surface area contributed by atoms with Gasteiger partial charge in [0.05, 0.1) is 35.2 Å². The summed E-state index contributed by atoms with van der Waals surface area (Å²) in [6.07, 6.45) is 4.15. The smallest absolute Gasteiger partial charge is 0.0841 e. The van der Waals surface area contributed by atoms with Crippen molar-refractivity contribution in [1.29, 1.82) is 0 Å². The third kappa shape index (κ3) is 1.91. The highest BCUT2D eigenvalue weighted by Crippen LogP contribution is 2.28. The molecule has 1 saturated heterocycles. The van der Waals surface area contributed by atoms with Gasteiger partial charge in [0.15, 0.2) is 0 Å². The molecule has 4 nitrogen and oxygen atoms in total. The monoisotopic (exact) mass is 213 g/mol. The molecule has 2 rings (SSSR count). The number of anilines is 2. The van der Waals surface area contributed by atoms with E-state index in [-0.39, 0.29) is 0 Å². The Morgan fingerprint density at radius 2 is 2.43 bits per heavy atom. The van der Waals surface area contributed by atoms with Gasteiger partial charge < -0.3 is 15.8 Å². The second-order valence-corrected chi connectivity index (χ2v) is 3.70. The van der Waals surface area contributed by atoms with E-state index in [1.807, 2.05) is 0 Å². The Morgan fingerprint density at radius 1 is 1.57 bits per heavy atom. The van der Waals surface area contributed by atoms with Crippen molar-refractivity contribution in [2.75, 3.05) is 24.3 Å². The molecule has 14 heavy (non-hydrogen) atoms. The zero-order valence-corrected chi connectivity index (χ0v) is 8.42. The van der Waals surface area contributed by atoms with Crippen molar-refractivity contribution in [3.05, 3.63) is 17.4 Å². The first kappa shape index (κ1) is 9.55. The number of hydrogen-bond acceptors (Lipinski definition) is 4. The van der Waals surface area contributed by atoms with E-state index in [4.69, 9.17) is 22.1 Å². The fraction of sp³-hybridized carbons (Fsp3) is 0.444. The summed E-state index contributed by atoms with van der Waals surface area (Å²) in [4.78, 5) is 3.89. The summed E-state index contributed by atoms with van der Waals surface area (Å²) in [6.45, 7) is 1.50. The Hall–Kier alpha value is -1.00. The van der Waals surface area contributed by atoms with E-state index in [9.17, 15) is 0 Å². The molecule has 1 aliphatic rings. The summed E-state index contributed by atoms with van der Waals surface area (Å²) >= 11 is 5.96. The molecular weight excluding hydrogens is 202 g/mol. The zero-order valence-electron chi connectivity index (χ0n) is 7.66. The van der Waals surface area contributed by atoms with Gasteiger partial charge in [-0.3, -0.25) is 4.98 Å². The molecule has 1 aromatic heterocycles. The highest BCUT2D eigenvalue weighted by atomic mass is 35.5. The topological polar surface area (TPSA) is 60.2 Å². The summed E-state index contributed by atoms with van der Waals surface area (Å²) in [5.74, 6) is 0. The molecule has 5 heteroatoms. The Kier molecular flexibility index (Phi) is 2.74. The van der Waals surface area contributed by atoms with Crippen molar-refractivity contribution in [2.24, 2.45) is 0 Å². The lowest BCUT2D eigenvalue weighted by Crippen LogP contribution is -2.20. The number of nitrogen functional groups attached to an aromatic ring is 1. The maximum absolute atomic E-state index is 5.96. The number of aromatic nitrogens is 1.